The summed E-state index contributed by atoms with van der Waals surface area (Å²) in [6, 6.07) is 4.93. The van der Waals surface area contributed by atoms with Crippen LogP contribution in [0.1, 0.15) is 32.8 Å². The van der Waals surface area contributed by atoms with Crippen molar-refractivity contribution in [1.82, 2.24) is 5.43 Å². The molecule has 19 heavy (non-hydrogen) atoms. The summed E-state index contributed by atoms with van der Waals surface area (Å²) in [6.07, 6.45) is 1.42. The predicted octanol–water partition coefficient (Wildman–Crippen LogP) is 3.17. The number of benzene rings is 1. The summed E-state index contributed by atoms with van der Waals surface area (Å²) in [7, 11) is 0. The number of hydrogen-bond acceptors (Lipinski definition) is 3. The molecule has 0 fully saturated rings. The zero-order valence-corrected chi connectivity index (χ0v) is 13.3. The molecule has 1 aromatic rings. The quantitative estimate of drug-likeness (QED) is 0.595. The van der Waals surface area contributed by atoms with Crippen molar-refractivity contribution in [2.75, 3.05) is 6.61 Å². The van der Waals surface area contributed by atoms with Crippen molar-refractivity contribution in [3.63, 3.8) is 0 Å². The number of ether oxygens (including phenoxy) is 1. The molecule has 0 heterocycles. The minimum Gasteiger partial charge on any atom is -0.374 e. The van der Waals surface area contributed by atoms with Gasteiger partial charge in [0.05, 0.1) is 16.1 Å². The second kappa shape index (κ2) is 7.33. The molecule has 0 saturated heterocycles. The van der Waals surface area contributed by atoms with Gasteiger partial charge in [0.2, 0.25) is 0 Å². The van der Waals surface area contributed by atoms with Crippen LogP contribution >= 0.6 is 15.9 Å². The maximum Gasteiger partial charge on any atom is 0.137 e. The lowest BCUT2D eigenvalue weighted by Crippen LogP contribution is -2.54. The first-order valence-corrected chi connectivity index (χ1v) is 7.30. The molecule has 0 aliphatic rings. The third kappa shape index (κ3) is 3.99. The van der Waals surface area contributed by atoms with Gasteiger partial charge in [-0.15, -0.1) is 0 Å². The molecule has 0 radical (unpaired) electrons. The van der Waals surface area contributed by atoms with E-state index in [9.17, 15) is 4.39 Å². The normalized spacial score (nSPS) is 16.1. The van der Waals surface area contributed by atoms with Gasteiger partial charge in [0.25, 0.3) is 0 Å². The van der Waals surface area contributed by atoms with E-state index in [1.165, 1.54) is 6.07 Å². The first-order chi connectivity index (χ1) is 8.98. The van der Waals surface area contributed by atoms with Crippen LogP contribution in [0.4, 0.5) is 4.39 Å². The lowest BCUT2D eigenvalue weighted by atomic mass is 9.88. The molecule has 0 aromatic heterocycles. The fourth-order valence-electron chi connectivity index (χ4n) is 2.16. The molecule has 5 heteroatoms. The fourth-order valence-corrected chi connectivity index (χ4v) is 2.58. The zero-order chi connectivity index (χ0) is 14.5. The van der Waals surface area contributed by atoms with Gasteiger partial charge >= 0.3 is 0 Å². The molecule has 3 N–H and O–H groups in total. The van der Waals surface area contributed by atoms with Gasteiger partial charge in [-0.2, -0.15) is 0 Å². The maximum absolute atomic E-state index is 13.5. The van der Waals surface area contributed by atoms with Gasteiger partial charge in [-0.3, -0.25) is 11.3 Å². The van der Waals surface area contributed by atoms with E-state index in [1.54, 1.807) is 6.07 Å². The number of nitrogens with one attached hydrogen (secondary N) is 1. The molecule has 1 rings (SSSR count). The number of nitrogens with two attached hydrogens (primary N) is 1. The molecule has 0 aliphatic heterocycles. The average Bonchev–Trinajstić information content (AvgIpc) is 2.40. The van der Waals surface area contributed by atoms with Crippen molar-refractivity contribution >= 4 is 15.9 Å². The molecular weight excluding hydrogens is 311 g/mol. The molecule has 0 bridgehead atoms. The summed E-state index contributed by atoms with van der Waals surface area (Å²) in [5, 5.41) is 0. The monoisotopic (exact) mass is 332 g/mol. The Bertz CT molecular complexity index is 416. The van der Waals surface area contributed by atoms with Crippen molar-refractivity contribution < 1.29 is 9.13 Å². The maximum atomic E-state index is 13.5. The minimum absolute atomic E-state index is 0.0875. The lowest BCUT2D eigenvalue weighted by Gasteiger charge is -2.36. The Morgan fingerprint density at radius 1 is 1.47 bits per heavy atom. The van der Waals surface area contributed by atoms with Crippen molar-refractivity contribution in [1.29, 1.82) is 0 Å². The van der Waals surface area contributed by atoms with Crippen LogP contribution in [0.15, 0.2) is 22.7 Å². The Morgan fingerprint density at radius 3 is 2.68 bits per heavy atom. The van der Waals surface area contributed by atoms with E-state index in [1.807, 2.05) is 19.9 Å². The highest BCUT2D eigenvalue weighted by Gasteiger charge is 2.33. The smallest absolute Gasteiger partial charge is 0.137 e. The van der Waals surface area contributed by atoms with Gasteiger partial charge in [-0.1, -0.05) is 19.1 Å². The van der Waals surface area contributed by atoms with Crippen LogP contribution in [0.3, 0.4) is 0 Å². The van der Waals surface area contributed by atoms with Gasteiger partial charge < -0.3 is 4.74 Å². The SMILES string of the molecule is CCOC(C)(CC)C(Cc1cccc(F)c1Br)NN. The molecule has 2 atom stereocenters. The molecule has 108 valence electrons. The van der Waals surface area contributed by atoms with Crippen LogP contribution in [0.5, 0.6) is 0 Å². The molecule has 1 aromatic carbocycles. The Hall–Kier alpha value is -0.490. The molecule has 0 amide bonds. The second-order valence-corrected chi connectivity index (χ2v) is 5.53. The molecule has 0 aliphatic carbocycles. The second-order valence-electron chi connectivity index (χ2n) is 4.74. The minimum atomic E-state index is -0.380. The van der Waals surface area contributed by atoms with Gasteiger partial charge in [0, 0.05) is 6.61 Å². The first kappa shape index (κ1) is 16.6. The van der Waals surface area contributed by atoms with E-state index in [0.29, 0.717) is 17.5 Å². The van der Waals surface area contributed by atoms with Gasteiger partial charge in [-0.25, -0.2) is 4.39 Å². The van der Waals surface area contributed by atoms with Crippen molar-refractivity contribution in [3.8, 4) is 0 Å². The van der Waals surface area contributed by atoms with Crippen LogP contribution in [0, 0.1) is 5.82 Å². The van der Waals surface area contributed by atoms with Crippen molar-refractivity contribution in [2.45, 2.75) is 45.3 Å². The van der Waals surface area contributed by atoms with Crippen molar-refractivity contribution in [2.24, 2.45) is 5.84 Å². The summed E-state index contributed by atoms with van der Waals surface area (Å²) in [6.45, 7) is 6.65. The van der Waals surface area contributed by atoms with Crippen LogP contribution in [-0.2, 0) is 11.2 Å². The molecule has 0 saturated carbocycles. The highest BCUT2D eigenvalue weighted by molar-refractivity contribution is 9.10. The van der Waals surface area contributed by atoms with Gasteiger partial charge in [-0.05, 0) is 54.2 Å². The van der Waals surface area contributed by atoms with E-state index in [4.69, 9.17) is 10.6 Å². The van der Waals surface area contributed by atoms with Crippen LogP contribution in [-0.4, -0.2) is 18.2 Å². The third-order valence-electron chi connectivity index (χ3n) is 3.57. The van der Waals surface area contributed by atoms with Crippen molar-refractivity contribution in [3.05, 3.63) is 34.1 Å². The van der Waals surface area contributed by atoms with Gasteiger partial charge in [0.1, 0.15) is 5.82 Å². The average molecular weight is 333 g/mol. The predicted molar refractivity (Wildman–Crippen MR) is 79.2 cm³/mol. The van der Waals surface area contributed by atoms with E-state index in [-0.39, 0.29) is 17.5 Å². The summed E-state index contributed by atoms with van der Waals surface area (Å²) in [5.74, 6) is 5.40. The van der Waals surface area contributed by atoms with Gasteiger partial charge in [0.15, 0.2) is 0 Å². The lowest BCUT2D eigenvalue weighted by molar-refractivity contribution is -0.0551. The van der Waals surface area contributed by atoms with Crippen LogP contribution in [0.2, 0.25) is 0 Å². The first-order valence-electron chi connectivity index (χ1n) is 6.51. The molecule has 0 spiro atoms. The van der Waals surface area contributed by atoms with E-state index in [2.05, 4.69) is 28.3 Å². The summed E-state index contributed by atoms with van der Waals surface area (Å²) >= 11 is 3.28. The van der Waals surface area contributed by atoms with E-state index < -0.39 is 0 Å². The highest BCUT2D eigenvalue weighted by Crippen LogP contribution is 2.27. The Balaban J connectivity index is 2.95. The fraction of sp³-hybridized carbons (Fsp3) is 0.571. The Kier molecular flexibility index (Phi) is 6.39. The van der Waals surface area contributed by atoms with E-state index in [0.717, 1.165) is 12.0 Å². The van der Waals surface area contributed by atoms with Crippen LogP contribution in [0.25, 0.3) is 0 Å². The number of rotatable bonds is 7. The number of hydrogen-bond donors (Lipinski definition) is 2. The van der Waals surface area contributed by atoms with Crippen LogP contribution < -0.4 is 11.3 Å². The summed E-state index contributed by atoms with van der Waals surface area (Å²) in [5.41, 5.74) is 3.30. The molecular formula is C14H22BrFN2O. The largest absolute Gasteiger partial charge is 0.374 e. The molecule has 2 unspecified atom stereocenters. The number of halogens is 2. The summed E-state index contributed by atoms with van der Waals surface area (Å²) < 4.78 is 19.8. The standard InChI is InChI=1S/C14H22BrFN2O/c1-4-14(3,19-5-2)12(18-17)9-10-7-6-8-11(16)13(10)15/h6-8,12,18H,4-5,9,17H2,1-3H3. The third-order valence-corrected chi connectivity index (χ3v) is 4.46. The Labute approximate surface area is 122 Å². The summed E-state index contributed by atoms with van der Waals surface area (Å²) in [4.78, 5) is 0. The zero-order valence-electron chi connectivity index (χ0n) is 11.7. The Morgan fingerprint density at radius 2 is 2.16 bits per heavy atom. The van der Waals surface area contributed by atoms with E-state index >= 15 is 0 Å². The molecule has 3 nitrogen and oxygen atoms in total. The topological polar surface area (TPSA) is 47.3 Å². The number of hydrazine groups is 1. The highest BCUT2D eigenvalue weighted by atomic mass is 79.9.